The molecule has 0 N–H and O–H groups in total. The van der Waals surface area contributed by atoms with Crippen molar-refractivity contribution in [1.82, 2.24) is 4.90 Å². The molecule has 1 heterocycles. The van der Waals surface area contributed by atoms with Crippen molar-refractivity contribution in [1.29, 1.82) is 0 Å². The zero-order valence-corrected chi connectivity index (χ0v) is 17.2. The Balaban J connectivity index is 1.98. The summed E-state index contributed by atoms with van der Waals surface area (Å²) in [6, 6.07) is 10.5. The minimum absolute atomic E-state index is 0.159. The Morgan fingerprint density at radius 3 is 2.41 bits per heavy atom. The summed E-state index contributed by atoms with van der Waals surface area (Å²) in [6.07, 6.45) is 1.72. The lowest BCUT2D eigenvalue weighted by molar-refractivity contribution is -0.121. The van der Waals surface area contributed by atoms with E-state index in [0.717, 1.165) is 0 Å². The fourth-order valence-corrected chi connectivity index (χ4v) is 3.81. The van der Waals surface area contributed by atoms with Gasteiger partial charge in [0.2, 0.25) is 0 Å². The lowest BCUT2D eigenvalue weighted by atomic mass is 10.1. The number of benzene rings is 2. The topological polar surface area (TPSA) is 51.1 Å². The normalized spacial score (nSPS) is 17.1. The van der Waals surface area contributed by atoms with Crippen molar-refractivity contribution in [3.05, 3.63) is 56.9 Å². The molecule has 8 heteroatoms. The largest absolute Gasteiger partial charge is 0.493 e. The van der Waals surface area contributed by atoms with E-state index < -0.39 is 0 Å². The Kier molecular flexibility index (Phi) is 5.99. The highest BCUT2D eigenvalue weighted by Crippen LogP contribution is 2.39. The number of rotatable bonds is 4. The summed E-state index contributed by atoms with van der Waals surface area (Å²) in [5.74, 6) is 0.845. The highest BCUT2D eigenvalue weighted by molar-refractivity contribution is 8.18. The smallest absolute Gasteiger partial charge is 0.266 e. The lowest BCUT2D eigenvalue weighted by Gasteiger charge is -2.11. The van der Waals surface area contributed by atoms with Crippen molar-refractivity contribution >= 4 is 57.8 Å². The predicted octanol–water partition coefficient (Wildman–Crippen LogP) is 5.24. The number of amidine groups is 1. The first kappa shape index (κ1) is 19.6. The van der Waals surface area contributed by atoms with Gasteiger partial charge in [-0.1, -0.05) is 23.2 Å². The third-order valence-corrected chi connectivity index (χ3v) is 5.34. The van der Waals surface area contributed by atoms with Gasteiger partial charge < -0.3 is 9.47 Å². The second-order valence-electron chi connectivity index (χ2n) is 5.58. The number of carbonyl (C=O) groups is 1. The number of likely N-dealkylation sites (N-methyl/N-ethyl adjacent to an activating group) is 1. The van der Waals surface area contributed by atoms with E-state index in [1.54, 1.807) is 49.5 Å². The number of halogens is 2. The molecule has 1 aliphatic heterocycles. The van der Waals surface area contributed by atoms with Crippen molar-refractivity contribution in [2.24, 2.45) is 4.99 Å². The van der Waals surface area contributed by atoms with Crippen LogP contribution in [0.5, 0.6) is 11.5 Å². The fraction of sp³-hybridized carbons (Fsp3) is 0.158. The minimum Gasteiger partial charge on any atom is -0.493 e. The van der Waals surface area contributed by atoms with E-state index >= 15 is 0 Å². The molecule has 1 aliphatic rings. The van der Waals surface area contributed by atoms with Gasteiger partial charge in [-0.25, -0.2) is 4.99 Å². The molecule has 2 aromatic carbocycles. The van der Waals surface area contributed by atoms with Crippen LogP contribution in [0.2, 0.25) is 10.0 Å². The summed E-state index contributed by atoms with van der Waals surface area (Å²) in [5.41, 5.74) is 1.36. The van der Waals surface area contributed by atoms with Gasteiger partial charge in [0.05, 0.1) is 24.8 Å². The molecule has 0 saturated carbocycles. The van der Waals surface area contributed by atoms with Gasteiger partial charge >= 0.3 is 0 Å². The summed E-state index contributed by atoms with van der Waals surface area (Å²) in [5, 5.41) is 1.69. The highest BCUT2D eigenvalue weighted by Gasteiger charge is 2.31. The molecule has 0 atom stereocenters. The van der Waals surface area contributed by atoms with Gasteiger partial charge in [0, 0.05) is 28.7 Å². The molecule has 0 radical (unpaired) electrons. The number of methoxy groups -OCH3 is 2. The number of ether oxygens (including phenoxy) is 2. The van der Waals surface area contributed by atoms with E-state index in [4.69, 9.17) is 32.7 Å². The van der Waals surface area contributed by atoms with Crippen LogP contribution in [-0.2, 0) is 4.79 Å². The van der Waals surface area contributed by atoms with E-state index in [0.29, 0.717) is 42.9 Å². The summed E-state index contributed by atoms with van der Waals surface area (Å²) < 4.78 is 10.7. The molecule has 0 unspecified atom stereocenters. The molecule has 1 fully saturated rings. The van der Waals surface area contributed by atoms with Crippen LogP contribution in [0.25, 0.3) is 6.08 Å². The van der Waals surface area contributed by atoms with Crippen molar-refractivity contribution in [3.63, 3.8) is 0 Å². The molecule has 27 heavy (non-hydrogen) atoms. The van der Waals surface area contributed by atoms with E-state index in [2.05, 4.69) is 4.99 Å². The Hall–Kier alpha value is -2.15. The standard InChI is InChI=1S/C19H16Cl2N2O3S/c1-23-18(24)16(27-19(23)22-14-6-4-12(20)5-7-14)9-11-8-13(21)10-15(25-2)17(11)26-3/h4-10H,1-3H3/b16-9+,22-19?. The number of carbonyl (C=O) groups excluding carboxylic acids is 1. The molecule has 2 aromatic rings. The molecule has 0 bridgehead atoms. The van der Waals surface area contributed by atoms with Gasteiger partial charge in [0.15, 0.2) is 16.7 Å². The molecule has 1 amide bonds. The molecule has 3 rings (SSSR count). The number of hydrogen-bond acceptors (Lipinski definition) is 5. The molecule has 1 saturated heterocycles. The first-order chi connectivity index (χ1) is 12.9. The van der Waals surface area contributed by atoms with Crippen molar-refractivity contribution < 1.29 is 14.3 Å². The average molecular weight is 423 g/mol. The van der Waals surface area contributed by atoms with Crippen molar-refractivity contribution in [3.8, 4) is 11.5 Å². The first-order valence-corrected chi connectivity index (χ1v) is 9.43. The fourth-order valence-electron chi connectivity index (χ4n) is 2.49. The average Bonchev–Trinajstić information content (AvgIpc) is 2.91. The second-order valence-corrected chi connectivity index (χ2v) is 7.46. The molecule has 140 valence electrons. The van der Waals surface area contributed by atoms with Gasteiger partial charge in [-0.3, -0.25) is 9.69 Å². The van der Waals surface area contributed by atoms with Crippen LogP contribution >= 0.6 is 35.0 Å². The Bertz CT molecular complexity index is 943. The third kappa shape index (κ3) is 4.24. The Morgan fingerprint density at radius 2 is 1.78 bits per heavy atom. The third-order valence-electron chi connectivity index (χ3n) is 3.81. The van der Waals surface area contributed by atoms with Crippen LogP contribution in [0.1, 0.15) is 5.56 Å². The maximum atomic E-state index is 12.6. The summed E-state index contributed by atoms with van der Waals surface area (Å²) in [7, 11) is 4.75. The molecule has 0 spiro atoms. The Morgan fingerprint density at radius 1 is 1.07 bits per heavy atom. The molecule has 0 aliphatic carbocycles. The SMILES string of the molecule is COc1cc(Cl)cc(/C=C2/SC(=Nc3ccc(Cl)cc3)N(C)C2=O)c1OC. The minimum atomic E-state index is -0.159. The number of aliphatic imine (C=N–C) groups is 1. The zero-order chi connectivity index (χ0) is 19.6. The summed E-state index contributed by atoms with van der Waals surface area (Å²) in [6.45, 7) is 0. The second kappa shape index (κ2) is 8.25. The van der Waals surface area contributed by atoms with Crippen LogP contribution in [0, 0.1) is 0 Å². The van der Waals surface area contributed by atoms with Crippen LogP contribution in [0.15, 0.2) is 46.3 Å². The van der Waals surface area contributed by atoms with Crippen molar-refractivity contribution in [2.75, 3.05) is 21.3 Å². The Labute approximate surface area is 171 Å². The maximum absolute atomic E-state index is 12.6. The molecular weight excluding hydrogens is 407 g/mol. The zero-order valence-electron chi connectivity index (χ0n) is 14.8. The quantitative estimate of drug-likeness (QED) is 0.631. The number of thioether (sulfide) groups is 1. The summed E-state index contributed by atoms with van der Waals surface area (Å²) in [4.78, 5) is 19.2. The monoisotopic (exact) mass is 422 g/mol. The van der Waals surface area contributed by atoms with E-state index in [9.17, 15) is 4.79 Å². The highest BCUT2D eigenvalue weighted by atomic mass is 35.5. The van der Waals surface area contributed by atoms with E-state index in [1.165, 1.54) is 30.9 Å². The van der Waals surface area contributed by atoms with Gasteiger partial charge in [-0.15, -0.1) is 0 Å². The van der Waals surface area contributed by atoms with E-state index in [-0.39, 0.29) is 5.91 Å². The van der Waals surface area contributed by atoms with E-state index in [1.807, 2.05) is 0 Å². The summed E-state index contributed by atoms with van der Waals surface area (Å²) >= 11 is 13.3. The number of amides is 1. The van der Waals surface area contributed by atoms with Gasteiger partial charge in [0.25, 0.3) is 5.91 Å². The van der Waals surface area contributed by atoms with Crippen LogP contribution < -0.4 is 9.47 Å². The van der Waals surface area contributed by atoms with Gasteiger partial charge in [-0.2, -0.15) is 0 Å². The number of nitrogens with zero attached hydrogens (tertiary/aromatic N) is 2. The maximum Gasteiger partial charge on any atom is 0.266 e. The predicted molar refractivity (Wildman–Crippen MR) is 111 cm³/mol. The molecule has 0 aromatic heterocycles. The van der Waals surface area contributed by atoms with Crippen LogP contribution in [-0.4, -0.2) is 37.2 Å². The molecule has 5 nitrogen and oxygen atoms in total. The first-order valence-electron chi connectivity index (χ1n) is 7.86. The number of hydrogen-bond donors (Lipinski definition) is 0. The van der Waals surface area contributed by atoms with Gasteiger partial charge in [-0.05, 0) is 48.2 Å². The molecular formula is C19H16Cl2N2O3S. The van der Waals surface area contributed by atoms with Gasteiger partial charge in [0.1, 0.15) is 0 Å². The van der Waals surface area contributed by atoms with Crippen molar-refractivity contribution in [2.45, 2.75) is 0 Å². The van der Waals surface area contributed by atoms with Crippen LogP contribution in [0.4, 0.5) is 5.69 Å². The van der Waals surface area contributed by atoms with Crippen LogP contribution in [0.3, 0.4) is 0 Å². The lowest BCUT2D eigenvalue weighted by Crippen LogP contribution is -2.23.